The quantitative estimate of drug-likeness (QED) is 0.769. The monoisotopic (exact) mass is 305 g/mol. The summed E-state index contributed by atoms with van der Waals surface area (Å²) in [5.41, 5.74) is 0.997. The van der Waals surface area contributed by atoms with Gasteiger partial charge in [-0.3, -0.25) is 4.68 Å². The molecule has 0 saturated heterocycles. The maximum atomic E-state index is 11.5. The van der Waals surface area contributed by atoms with Gasteiger partial charge in [-0.05, 0) is 30.9 Å². The average molecular weight is 305 g/mol. The minimum absolute atomic E-state index is 0.0740. The van der Waals surface area contributed by atoms with E-state index in [-0.39, 0.29) is 6.04 Å². The van der Waals surface area contributed by atoms with Crippen molar-refractivity contribution in [2.24, 2.45) is 0 Å². The normalized spacial score (nSPS) is 12.1. The van der Waals surface area contributed by atoms with Crippen LogP contribution in [0, 0.1) is 0 Å². The molecule has 21 heavy (non-hydrogen) atoms. The summed E-state index contributed by atoms with van der Waals surface area (Å²) in [5.74, 6) is -0.0626. The molecule has 5 nitrogen and oxygen atoms in total. The van der Waals surface area contributed by atoms with E-state index in [1.54, 1.807) is 6.20 Å². The number of carbonyl (C=O) groups is 1. The number of rotatable bonds is 7. The predicted molar refractivity (Wildman–Crippen MR) is 85.1 cm³/mol. The summed E-state index contributed by atoms with van der Waals surface area (Å²) in [5, 5.41) is 16.9. The van der Waals surface area contributed by atoms with E-state index < -0.39 is 5.97 Å². The van der Waals surface area contributed by atoms with Crippen LogP contribution in [0.3, 0.4) is 0 Å². The second-order valence-electron chi connectivity index (χ2n) is 4.69. The highest BCUT2D eigenvalue weighted by molar-refractivity contribution is 7.99. The molecule has 1 aromatic heterocycles. The standard InChI is InChI=1S/C15H19N3O2S/c1-3-21-13-7-4-6-12(14(13)15(19)20)17-11(2)10-18-9-5-8-16-18/h4-9,11,17H,3,10H2,1-2H3,(H,19,20). The van der Waals surface area contributed by atoms with E-state index >= 15 is 0 Å². The fraction of sp³-hybridized carbons (Fsp3) is 0.333. The van der Waals surface area contributed by atoms with Crippen molar-refractivity contribution in [3.63, 3.8) is 0 Å². The number of hydrogen-bond acceptors (Lipinski definition) is 4. The number of carboxylic acid groups (broad SMARTS) is 1. The van der Waals surface area contributed by atoms with Crippen molar-refractivity contribution in [3.05, 3.63) is 42.2 Å². The third-order valence-corrected chi connectivity index (χ3v) is 3.90. The zero-order valence-electron chi connectivity index (χ0n) is 12.1. The molecule has 0 fully saturated rings. The van der Waals surface area contributed by atoms with Crippen molar-refractivity contribution in [3.8, 4) is 0 Å². The summed E-state index contributed by atoms with van der Waals surface area (Å²) in [4.78, 5) is 12.3. The van der Waals surface area contributed by atoms with Crippen LogP contribution in [0.5, 0.6) is 0 Å². The topological polar surface area (TPSA) is 67.2 Å². The Kier molecular flexibility index (Phi) is 5.27. The van der Waals surface area contributed by atoms with Crippen LogP contribution in [0.1, 0.15) is 24.2 Å². The van der Waals surface area contributed by atoms with Gasteiger partial charge in [-0.15, -0.1) is 11.8 Å². The minimum Gasteiger partial charge on any atom is -0.478 e. The van der Waals surface area contributed by atoms with Crippen LogP contribution in [0.25, 0.3) is 0 Å². The van der Waals surface area contributed by atoms with Crippen molar-refractivity contribution in [2.45, 2.75) is 31.3 Å². The molecule has 0 bridgehead atoms. The Labute approximate surface area is 128 Å². The van der Waals surface area contributed by atoms with Gasteiger partial charge >= 0.3 is 5.97 Å². The molecule has 0 saturated carbocycles. The average Bonchev–Trinajstić information content (AvgIpc) is 2.91. The van der Waals surface area contributed by atoms with E-state index in [4.69, 9.17) is 0 Å². The molecular weight excluding hydrogens is 286 g/mol. The van der Waals surface area contributed by atoms with Gasteiger partial charge in [-0.2, -0.15) is 5.10 Å². The van der Waals surface area contributed by atoms with E-state index in [2.05, 4.69) is 10.4 Å². The summed E-state index contributed by atoms with van der Waals surface area (Å²) in [6, 6.07) is 7.48. The maximum absolute atomic E-state index is 11.5. The largest absolute Gasteiger partial charge is 0.478 e. The van der Waals surface area contributed by atoms with Gasteiger partial charge in [0, 0.05) is 23.3 Å². The molecule has 2 aromatic rings. The number of aromatic nitrogens is 2. The molecule has 6 heteroatoms. The molecular formula is C15H19N3O2S. The third kappa shape index (κ3) is 4.01. The van der Waals surface area contributed by atoms with Crippen LogP contribution in [0.15, 0.2) is 41.6 Å². The number of thioether (sulfide) groups is 1. The van der Waals surface area contributed by atoms with E-state index in [9.17, 15) is 9.90 Å². The summed E-state index contributed by atoms with van der Waals surface area (Å²) in [6.07, 6.45) is 3.62. The van der Waals surface area contributed by atoms with E-state index in [1.807, 2.05) is 49.0 Å². The second-order valence-corrected chi connectivity index (χ2v) is 6.00. The molecule has 2 rings (SSSR count). The molecule has 0 aliphatic heterocycles. The Morgan fingerprint density at radius 1 is 1.48 bits per heavy atom. The summed E-state index contributed by atoms with van der Waals surface area (Å²) >= 11 is 1.54. The molecule has 0 aliphatic rings. The van der Waals surface area contributed by atoms with Crippen LogP contribution in [0.4, 0.5) is 5.69 Å². The van der Waals surface area contributed by atoms with Crippen LogP contribution in [-0.4, -0.2) is 32.7 Å². The Hall–Kier alpha value is -1.95. The molecule has 0 aliphatic carbocycles. The molecule has 112 valence electrons. The molecule has 1 aromatic carbocycles. The smallest absolute Gasteiger partial charge is 0.338 e. The van der Waals surface area contributed by atoms with Gasteiger partial charge < -0.3 is 10.4 Å². The Balaban J connectivity index is 2.18. The van der Waals surface area contributed by atoms with Gasteiger partial charge in [0.1, 0.15) is 0 Å². The highest BCUT2D eigenvalue weighted by Gasteiger charge is 2.17. The molecule has 2 N–H and O–H groups in total. The first kappa shape index (κ1) is 15.4. The highest BCUT2D eigenvalue weighted by atomic mass is 32.2. The number of carboxylic acids is 1. The molecule has 0 radical (unpaired) electrons. The van der Waals surface area contributed by atoms with Crippen LogP contribution in [-0.2, 0) is 6.54 Å². The SMILES string of the molecule is CCSc1cccc(NC(C)Cn2cccn2)c1C(=O)O. The molecule has 1 unspecified atom stereocenters. The van der Waals surface area contributed by atoms with Gasteiger partial charge in [0.2, 0.25) is 0 Å². The number of benzene rings is 1. The van der Waals surface area contributed by atoms with Gasteiger partial charge in [-0.25, -0.2) is 4.79 Å². The number of nitrogens with one attached hydrogen (secondary N) is 1. The summed E-state index contributed by atoms with van der Waals surface area (Å²) in [7, 11) is 0. The van der Waals surface area contributed by atoms with E-state index in [1.165, 1.54) is 11.8 Å². The van der Waals surface area contributed by atoms with Crippen molar-refractivity contribution < 1.29 is 9.90 Å². The van der Waals surface area contributed by atoms with Crippen LogP contribution >= 0.6 is 11.8 Å². The molecule has 0 spiro atoms. The lowest BCUT2D eigenvalue weighted by Crippen LogP contribution is -2.23. The summed E-state index contributed by atoms with van der Waals surface area (Å²) < 4.78 is 1.82. The van der Waals surface area contributed by atoms with Gasteiger partial charge in [0.15, 0.2) is 0 Å². The van der Waals surface area contributed by atoms with E-state index in [0.29, 0.717) is 17.8 Å². The first-order valence-corrected chi connectivity index (χ1v) is 7.83. The Morgan fingerprint density at radius 3 is 2.90 bits per heavy atom. The maximum Gasteiger partial charge on any atom is 0.338 e. The second kappa shape index (κ2) is 7.17. The summed E-state index contributed by atoms with van der Waals surface area (Å²) in [6.45, 7) is 4.70. The van der Waals surface area contributed by atoms with Crippen LogP contribution < -0.4 is 5.32 Å². The number of nitrogens with zero attached hydrogens (tertiary/aromatic N) is 2. The highest BCUT2D eigenvalue weighted by Crippen LogP contribution is 2.29. The van der Waals surface area contributed by atoms with Crippen molar-refractivity contribution in [1.29, 1.82) is 0 Å². The zero-order chi connectivity index (χ0) is 15.2. The van der Waals surface area contributed by atoms with Crippen molar-refractivity contribution >= 4 is 23.4 Å². The zero-order valence-corrected chi connectivity index (χ0v) is 12.9. The minimum atomic E-state index is -0.902. The van der Waals surface area contributed by atoms with Crippen molar-refractivity contribution in [2.75, 3.05) is 11.1 Å². The third-order valence-electron chi connectivity index (χ3n) is 2.96. The van der Waals surface area contributed by atoms with Gasteiger partial charge in [-0.1, -0.05) is 13.0 Å². The lowest BCUT2D eigenvalue weighted by molar-refractivity contribution is 0.0694. The van der Waals surface area contributed by atoms with Gasteiger partial charge in [0.05, 0.1) is 17.8 Å². The van der Waals surface area contributed by atoms with E-state index in [0.717, 1.165) is 10.6 Å². The van der Waals surface area contributed by atoms with Crippen molar-refractivity contribution in [1.82, 2.24) is 9.78 Å². The number of anilines is 1. The first-order valence-electron chi connectivity index (χ1n) is 6.85. The van der Waals surface area contributed by atoms with Crippen LogP contribution in [0.2, 0.25) is 0 Å². The predicted octanol–water partition coefficient (Wildman–Crippen LogP) is 3.19. The number of aromatic carboxylic acids is 1. The fourth-order valence-electron chi connectivity index (χ4n) is 2.15. The first-order chi connectivity index (χ1) is 10.1. The van der Waals surface area contributed by atoms with Gasteiger partial charge in [0.25, 0.3) is 0 Å². The molecule has 1 atom stereocenters. The fourth-order valence-corrected chi connectivity index (χ4v) is 2.98. The molecule has 1 heterocycles. The lowest BCUT2D eigenvalue weighted by atomic mass is 10.1. The number of hydrogen-bond donors (Lipinski definition) is 2. The Bertz CT molecular complexity index is 599. The Morgan fingerprint density at radius 2 is 2.29 bits per heavy atom. The lowest BCUT2D eigenvalue weighted by Gasteiger charge is -2.18. The molecule has 0 amide bonds.